The first-order chi connectivity index (χ1) is 11.0. The lowest BCUT2D eigenvalue weighted by atomic mass is 10.1. The highest BCUT2D eigenvalue weighted by atomic mass is 127. The number of aryl methyl sites for hydroxylation is 1. The quantitative estimate of drug-likeness (QED) is 0.522. The number of aromatic nitrogens is 1. The first-order valence-electron chi connectivity index (χ1n) is 6.87. The zero-order valence-electron chi connectivity index (χ0n) is 12.6. The van der Waals surface area contributed by atoms with Crippen LogP contribution in [0.4, 0.5) is 11.4 Å². The highest BCUT2D eigenvalue weighted by Crippen LogP contribution is 2.32. The number of benzene rings is 2. The number of hydrogen-bond donors (Lipinski definition) is 2. The van der Waals surface area contributed by atoms with E-state index >= 15 is 0 Å². The van der Waals surface area contributed by atoms with Gasteiger partial charge in [-0.25, -0.2) is 0 Å². The van der Waals surface area contributed by atoms with Crippen molar-refractivity contribution in [1.29, 1.82) is 0 Å². The van der Waals surface area contributed by atoms with E-state index in [2.05, 4.69) is 32.9 Å². The number of carbonyl (C=O) groups is 1. The van der Waals surface area contributed by atoms with Crippen molar-refractivity contribution in [2.24, 2.45) is 5.73 Å². The fourth-order valence-electron chi connectivity index (χ4n) is 2.47. The van der Waals surface area contributed by atoms with Crippen LogP contribution in [0, 0.1) is 10.5 Å². The Bertz CT molecular complexity index is 931. The Morgan fingerprint density at radius 2 is 2.04 bits per heavy atom. The summed E-state index contributed by atoms with van der Waals surface area (Å²) in [7, 11) is 0. The predicted octanol–water partition coefficient (Wildman–Crippen LogP) is 5.07. The van der Waals surface area contributed by atoms with Crippen LogP contribution < -0.4 is 11.1 Å². The minimum absolute atomic E-state index is 0. The second kappa shape index (κ2) is 7.55. The summed E-state index contributed by atoms with van der Waals surface area (Å²) in [6.45, 7) is 1.99. The van der Waals surface area contributed by atoms with Gasteiger partial charge in [-0.3, -0.25) is 9.78 Å². The Labute approximate surface area is 164 Å². The van der Waals surface area contributed by atoms with Crippen LogP contribution in [0.2, 0.25) is 5.02 Å². The van der Waals surface area contributed by atoms with Crippen molar-refractivity contribution >= 4 is 74.8 Å². The van der Waals surface area contributed by atoms with E-state index in [-0.39, 0.29) is 12.4 Å². The molecule has 0 unspecified atom stereocenters. The van der Waals surface area contributed by atoms with E-state index in [0.717, 1.165) is 25.7 Å². The SMILES string of the molecule is Cc1cc(I)cc2c(Nc3cccc(Cl)c3)c(C(N)=O)cnc12.Cl. The average molecular weight is 474 g/mol. The lowest BCUT2D eigenvalue weighted by molar-refractivity contribution is 0.100. The summed E-state index contributed by atoms with van der Waals surface area (Å²) in [5.41, 5.74) is 9.16. The molecular formula is C17H14Cl2IN3O. The Balaban J connectivity index is 0.00000208. The second-order valence-corrected chi connectivity index (χ2v) is 6.85. The topological polar surface area (TPSA) is 68.0 Å². The molecule has 24 heavy (non-hydrogen) atoms. The van der Waals surface area contributed by atoms with Gasteiger partial charge < -0.3 is 11.1 Å². The summed E-state index contributed by atoms with van der Waals surface area (Å²) in [4.78, 5) is 16.2. The zero-order valence-corrected chi connectivity index (χ0v) is 16.4. The molecule has 124 valence electrons. The number of primary amides is 1. The molecule has 1 amide bonds. The van der Waals surface area contributed by atoms with Crippen LogP contribution in [-0.2, 0) is 0 Å². The van der Waals surface area contributed by atoms with E-state index in [1.54, 1.807) is 12.1 Å². The van der Waals surface area contributed by atoms with Crippen molar-refractivity contribution in [1.82, 2.24) is 4.98 Å². The monoisotopic (exact) mass is 473 g/mol. The van der Waals surface area contributed by atoms with Crippen LogP contribution >= 0.6 is 46.6 Å². The molecule has 4 nitrogen and oxygen atoms in total. The summed E-state index contributed by atoms with van der Waals surface area (Å²) in [6, 6.07) is 11.3. The molecule has 0 bridgehead atoms. The Morgan fingerprint density at radius 1 is 1.29 bits per heavy atom. The van der Waals surface area contributed by atoms with Crippen molar-refractivity contribution < 1.29 is 4.79 Å². The van der Waals surface area contributed by atoms with Crippen LogP contribution in [0.25, 0.3) is 10.9 Å². The van der Waals surface area contributed by atoms with Crippen LogP contribution in [0.15, 0.2) is 42.6 Å². The summed E-state index contributed by atoms with van der Waals surface area (Å²) in [6.07, 6.45) is 1.51. The minimum atomic E-state index is -0.527. The van der Waals surface area contributed by atoms with Gasteiger partial charge >= 0.3 is 0 Å². The third-order valence-electron chi connectivity index (χ3n) is 3.49. The van der Waals surface area contributed by atoms with E-state index in [0.29, 0.717) is 16.3 Å². The maximum absolute atomic E-state index is 11.8. The fraction of sp³-hybridized carbons (Fsp3) is 0.0588. The van der Waals surface area contributed by atoms with Crippen molar-refractivity contribution in [3.8, 4) is 0 Å². The van der Waals surface area contributed by atoms with Crippen molar-refractivity contribution in [3.63, 3.8) is 0 Å². The molecule has 0 saturated carbocycles. The van der Waals surface area contributed by atoms with Gasteiger partial charge in [0.1, 0.15) is 0 Å². The highest BCUT2D eigenvalue weighted by molar-refractivity contribution is 14.1. The molecule has 0 aliphatic rings. The Hall–Kier alpha value is -1.57. The Kier molecular flexibility index (Phi) is 5.90. The number of anilines is 2. The molecule has 3 rings (SSSR count). The van der Waals surface area contributed by atoms with Crippen molar-refractivity contribution in [3.05, 3.63) is 62.3 Å². The number of carbonyl (C=O) groups excluding carboxylic acids is 1. The van der Waals surface area contributed by atoms with E-state index in [4.69, 9.17) is 17.3 Å². The van der Waals surface area contributed by atoms with Crippen molar-refractivity contribution in [2.45, 2.75) is 6.92 Å². The average Bonchev–Trinajstić information content (AvgIpc) is 2.47. The number of nitrogens with one attached hydrogen (secondary N) is 1. The number of hydrogen-bond acceptors (Lipinski definition) is 3. The number of halogens is 3. The molecule has 0 aliphatic heterocycles. The van der Waals surface area contributed by atoms with Gasteiger partial charge in [-0.15, -0.1) is 12.4 Å². The van der Waals surface area contributed by atoms with Gasteiger partial charge in [0.15, 0.2) is 0 Å². The lowest BCUT2D eigenvalue weighted by Gasteiger charge is -2.14. The number of nitrogens with zero attached hydrogens (tertiary/aromatic N) is 1. The fourth-order valence-corrected chi connectivity index (χ4v) is 3.44. The van der Waals surface area contributed by atoms with Gasteiger partial charge in [-0.05, 0) is 65.4 Å². The molecule has 7 heteroatoms. The molecule has 0 spiro atoms. The third kappa shape index (κ3) is 3.74. The van der Waals surface area contributed by atoms with Gasteiger partial charge in [0.25, 0.3) is 5.91 Å². The van der Waals surface area contributed by atoms with Gasteiger partial charge in [0.2, 0.25) is 0 Å². The largest absolute Gasteiger partial charge is 0.365 e. The normalized spacial score (nSPS) is 10.3. The second-order valence-electron chi connectivity index (χ2n) is 5.17. The third-order valence-corrected chi connectivity index (χ3v) is 4.34. The summed E-state index contributed by atoms with van der Waals surface area (Å²) >= 11 is 8.28. The van der Waals surface area contributed by atoms with E-state index in [9.17, 15) is 4.79 Å². The molecule has 0 saturated heterocycles. The summed E-state index contributed by atoms with van der Waals surface area (Å²) in [5.74, 6) is -0.527. The number of fused-ring (bicyclic) bond motifs is 1. The first-order valence-corrected chi connectivity index (χ1v) is 8.32. The first kappa shape index (κ1) is 18.8. The summed E-state index contributed by atoms with van der Waals surface area (Å²) < 4.78 is 1.06. The maximum Gasteiger partial charge on any atom is 0.252 e. The van der Waals surface area contributed by atoms with Crippen LogP contribution in [0.1, 0.15) is 15.9 Å². The van der Waals surface area contributed by atoms with Crippen LogP contribution in [0.5, 0.6) is 0 Å². The summed E-state index contributed by atoms with van der Waals surface area (Å²) in [5, 5.41) is 4.73. The van der Waals surface area contributed by atoms with Crippen LogP contribution in [0.3, 0.4) is 0 Å². The molecule has 1 heterocycles. The van der Waals surface area contributed by atoms with Crippen LogP contribution in [-0.4, -0.2) is 10.9 Å². The predicted molar refractivity (Wildman–Crippen MR) is 110 cm³/mol. The number of rotatable bonds is 3. The van der Waals surface area contributed by atoms with Gasteiger partial charge in [0.05, 0.1) is 16.8 Å². The van der Waals surface area contributed by atoms with E-state index in [1.165, 1.54) is 6.20 Å². The van der Waals surface area contributed by atoms with Gasteiger partial charge in [-0.2, -0.15) is 0 Å². The molecule has 0 radical (unpaired) electrons. The lowest BCUT2D eigenvalue weighted by Crippen LogP contribution is -2.14. The molecule has 0 fully saturated rings. The number of nitrogens with two attached hydrogens (primary N) is 1. The molecule has 1 aromatic heterocycles. The smallest absolute Gasteiger partial charge is 0.252 e. The van der Waals surface area contributed by atoms with Gasteiger partial charge in [0, 0.05) is 25.9 Å². The molecule has 2 aromatic carbocycles. The molecular weight excluding hydrogens is 460 g/mol. The molecule has 3 aromatic rings. The molecule has 3 N–H and O–H groups in total. The van der Waals surface area contributed by atoms with E-state index in [1.807, 2.05) is 31.2 Å². The number of pyridine rings is 1. The maximum atomic E-state index is 11.8. The van der Waals surface area contributed by atoms with Crippen molar-refractivity contribution in [2.75, 3.05) is 5.32 Å². The minimum Gasteiger partial charge on any atom is -0.365 e. The van der Waals surface area contributed by atoms with E-state index < -0.39 is 5.91 Å². The van der Waals surface area contributed by atoms with Gasteiger partial charge in [-0.1, -0.05) is 17.7 Å². The molecule has 0 atom stereocenters. The Morgan fingerprint density at radius 3 is 2.71 bits per heavy atom. The number of amides is 1. The zero-order chi connectivity index (χ0) is 16.6. The highest BCUT2D eigenvalue weighted by Gasteiger charge is 2.15. The molecule has 0 aliphatic carbocycles. The standard InChI is InChI=1S/C17H13ClIN3O.ClH/c1-9-5-11(19)7-13-15(9)21-8-14(17(20)23)16(13)22-12-4-2-3-10(18)6-12;/h2-8H,1H3,(H2,20,23)(H,21,22);1H.